The Balaban J connectivity index is 1.84. The molecule has 1 N–H and O–H groups in total. The van der Waals surface area contributed by atoms with Gasteiger partial charge < -0.3 is 14.6 Å². The lowest BCUT2D eigenvalue weighted by molar-refractivity contribution is -0.115. The van der Waals surface area contributed by atoms with Gasteiger partial charge in [-0.2, -0.15) is 0 Å². The predicted molar refractivity (Wildman–Crippen MR) is 108 cm³/mol. The third kappa shape index (κ3) is 3.92. The summed E-state index contributed by atoms with van der Waals surface area (Å²) < 4.78 is 7.38. The van der Waals surface area contributed by atoms with Crippen LogP contribution in [-0.4, -0.2) is 29.4 Å². The second-order valence-corrected chi connectivity index (χ2v) is 7.27. The maximum atomic E-state index is 12.3. The molecule has 0 bridgehead atoms. The van der Waals surface area contributed by atoms with E-state index in [1.807, 2.05) is 37.3 Å². The first-order valence-electron chi connectivity index (χ1n) is 8.50. The summed E-state index contributed by atoms with van der Waals surface area (Å²) in [4.78, 5) is 17.6. The van der Waals surface area contributed by atoms with Crippen LogP contribution in [0, 0.1) is 20.8 Å². The summed E-state index contributed by atoms with van der Waals surface area (Å²) in [7, 11) is 1.70. The van der Waals surface area contributed by atoms with E-state index in [2.05, 4.69) is 34.8 Å². The highest BCUT2D eigenvalue weighted by atomic mass is 32.2. The molecule has 5 nitrogen and oxygen atoms in total. The number of hydrogen-bond acceptors (Lipinski definition) is 4. The summed E-state index contributed by atoms with van der Waals surface area (Å²) in [6.45, 7) is 7.60. The van der Waals surface area contributed by atoms with Crippen LogP contribution < -0.4 is 5.32 Å². The van der Waals surface area contributed by atoms with Crippen molar-refractivity contribution in [3.05, 3.63) is 57.8 Å². The molecule has 0 aliphatic carbocycles. The number of aliphatic imine (C=N–C) groups is 1. The zero-order chi connectivity index (χ0) is 18.7. The number of rotatable bonds is 5. The first-order valence-corrected chi connectivity index (χ1v) is 9.32. The average molecular weight is 369 g/mol. The molecule has 2 heterocycles. The van der Waals surface area contributed by atoms with Gasteiger partial charge in [0.1, 0.15) is 0 Å². The SMILES string of the molecule is COCCn1c(C)cc(C=C2SC(=Nc3ccccc3C)NC2=O)c1C. The molecule has 0 unspecified atom stereocenters. The third-order valence-electron chi connectivity index (χ3n) is 4.41. The summed E-state index contributed by atoms with van der Waals surface area (Å²) >= 11 is 1.38. The number of aryl methyl sites for hydroxylation is 2. The number of hydrogen-bond donors (Lipinski definition) is 1. The van der Waals surface area contributed by atoms with E-state index >= 15 is 0 Å². The minimum atomic E-state index is -0.107. The van der Waals surface area contributed by atoms with Gasteiger partial charge in [0.25, 0.3) is 5.91 Å². The molecule has 1 aromatic carbocycles. The van der Waals surface area contributed by atoms with Gasteiger partial charge in [0.15, 0.2) is 5.17 Å². The highest BCUT2D eigenvalue weighted by Crippen LogP contribution is 2.30. The van der Waals surface area contributed by atoms with Crippen molar-refractivity contribution < 1.29 is 9.53 Å². The van der Waals surface area contributed by atoms with Crippen LogP contribution in [0.1, 0.15) is 22.5 Å². The molecule has 1 amide bonds. The van der Waals surface area contributed by atoms with Crippen LogP contribution in [0.4, 0.5) is 5.69 Å². The number of amidine groups is 1. The van der Waals surface area contributed by atoms with E-state index in [9.17, 15) is 4.79 Å². The Morgan fingerprint density at radius 2 is 2.04 bits per heavy atom. The molecule has 0 saturated carbocycles. The predicted octanol–water partition coefficient (Wildman–Crippen LogP) is 3.95. The number of nitrogens with one attached hydrogen (secondary N) is 1. The van der Waals surface area contributed by atoms with Crippen LogP contribution in [0.25, 0.3) is 6.08 Å². The van der Waals surface area contributed by atoms with Crippen LogP contribution in [-0.2, 0) is 16.1 Å². The van der Waals surface area contributed by atoms with Crippen LogP contribution >= 0.6 is 11.8 Å². The van der Waals surface area contributed by atoms with Crippen molar-refractivity contribution >= 4 is 34.6 Å². The molecular formula is C20H23N3O2S. The Kier molecular flexibility index (Phi) is 5.64. The maximum Gasteiger partial charge on any atom is 0.264 e. The first kappa shape index (κ1) is 18.5. The minimum Gasteiger partial charge on any atom is -0.383 e. The summed E-state index contributed by atoms with van der Waals surface area (Å²) in [5, 5.41) is 3.47. The largest absolute Gasteiger partial charge is 0.383 e. The van der Waals surface area contributed by atoms with Gasteiger partial charge in [-0.3, -0.25) is 4.79 Å². The van der Waals surface area contributed by atoms with Gasteiger partial charge in [0.2, 0.25) is 0 Å². The fourth-order valence-corrected chi connectivity index (χ4v) is 3.75. The fourth-order valence-electron chi connectivity index (χ4n) is 2.92. The molecule has 136 valence electrons. The van der Waals surface area contributed by atoms with Gasteiger partial charge >= 0.3 is 0 Å². The zero-order valence-electron chi connectivity index (χ0n) is 15.5. The van der Waals surface area contributed by atoms with E-state index in [1.165, 1.54) is 11.8 Å². The molecule has 0 radical (unpaired) electrons. The van der Waals surface area contributed by atoms with Gasteiger partial charge in [-0.25, -0.2) is 4.99 Å². The number of ether oxygens (including phenoxy) is 1. The summed E-state index contributed by atoms with van der Waals surface area (Å²) in [5.41, 5.74) is 5.28. The normalized spacial score (nSPS) is 17.3. The molecule has 1 aliphatic heterocycles. The van der Waals surface area contributed by atoms with Crippen molar-refractivity contribution in [2.45, 2.75) is 27.3 Å². The van der Waals surface area contributed by atoms with Gasteiger partial charge in [0.05, 0.1) is 17.2 Å². The van der Waals surface area contributed by atoms with Crippen LogP contribution in [0.3, 0.4) is 0 Å². The molecular weight excluding hydrogens is 346 g/mol. The number of aromatic nitrogens is 1. The minimum absolute atomic E-state index is 0.107. The molecule has 0 atom stereocenters. The molecule has 1 aromatic heterocycles. The second kappa shape index (κ2) is 7.93. The molecule has 0 spiro atoms. The van der Waals surface area contributed by atoms with Crippen molar-refractivity contribution in [3.8, 4) is 0 Å². The lowest BCUT2D eigenvalue weighted by Gasteiger charge is -2.08. The molecule has 1 saturated heterocycles. The van der Waals surface area contributed by atoms with E-state index in [4.69, 9.17) is 4.74 Å². The lowest BCUT2D eigenvalue weighted by Crippen LogP contribution is -2.19. The quantitative estimate of drug-likeness (QED) is 0.812. The highest BCUT2D eigenvalue weighted by Gasteiger charge is 2.24. The Morgan fingerprint density at radius 1 is 1.27 bits per heavy atom. The number of methoxy groups -OCH3 is 1. The van der Waals surface area contributed by atoms with Gasteiger partial charge in [-0.15, -0.1) is 0 Å². The van der Waals surface area contributed by atoms with Crippen LogP contribution in [0.2, 0.25) is 0 Å². The summed E-state index contributed by atoms with van der Waals surface area (Å²) in [6.07, 6.45) is 1.94. The van der Waals surface area contributed by atoms with Crippen molar-refractivity contribution in [1.29, 1.82) is 0 Å². The van der Waals surface area contributed by atoms with Crippen molar-refractivity contribution in [3.63, 3.8) is 0 Å². The Labute approximate surface area is 158 Å². The van der Waals surface area contributed by atoms with Gasteiger partial charge in [-0.05, 0) is 61.9 Å². The number of amides is 1. The molecule has 1 aliphatic rings. The monoisotopic (exact) mass is 369 g/mol. The van der Waals surface area contributed by atoms with E-state index in [0.29, 0.717) is 16.7 Å². The van der Waals surface area contributed by atoms with E-state index in [-0.39, 0.29) is 5.91 Å². The first-order chi connectivity index (χ1) is 12.5. The van der Waals surface area contributed by atoms with Crippen LogP contribution in [0.15, 0.2) is 40.2 Å². The number of carbonyl (C=O) groups is 1. The number of carbonyl (C=O) groups excluding carboxylic acids is 1. The standard InChI is InChI=1S/C20H23N3O2S/c1-13-7-5-6-8-17(13)21-20-22-19(24)18(26-20)12-16-11-14(2)23(15(16)3)9-10-25-4/h5-8,11-12H,9-10H2,1-4H3,(H,21,22,24). The third-order valence-corrected chi connectivity index (χ3v) is 5.32. The second-order valence-electron chi connectivity index (χ2n) is 6.24. The van der Waals surface area contributed by atoms with E-state index < -0.39 is 0 Å². The Morgan fingerprint density at radius 3 is 2.77 bits per heavy atom. The molecule has 26 heavy (non-hydrogen) atoms. The maximum absolute atomic E-state index is 12.3. The van der Waals surface area contributed by atoms with Gasteiger partial charge in [-0.1, -0.05) is 18.2 Å². The van der Waals surface area contributed by atoms with E-state index in [0.717, 1.165) is 34.7 Å². The topological polar surface area (TPSA) is 55.6 Å². The molecule has 6 heteroatoms. The van der Waals surface area contributed by atoms with Gasteiger partial charge in [0, 0.05) is 25.0 Å². The number of nitrogens with zero attached hydrogens (tertiary/aromatic N) is 2. The molecule has 1 fully saturated rings. The highest BCUT2D eigenvalue weighted by molar-refractivity contribution is 8.18. The van der Waals surface area contributed by atoms with Crippen LogP contribution in [0.5, 0.6) is 0 Å². The number of benzene rings is 1. The smallest absolute Gasteiger partial charge is 0.264 e. The molecule has 3 rings (SSSR count). The fraction of sp³-hybridized carbons (Fsp3) is 0.300. The summed E-state index contributed by atoms with van der Waals surface area (Å²) in [6, 6.07) is 9.97. The van der Waals surface area contributed by atoms with E-state index in [1.54, 1.807) is 7.11 Å². The Hall–Kier alpha value is -2.31. The van der Waals surface area contributed by atoms with Crippen molar-refractivity contribution in [1.82, 2.24) is 9.88 Å². The summed E-state index contributed by atoms with van der Waals surface area (Å²) in [5.74, 6) is -0.107. The van der Waals surface area contributed by atoms with Crippen molar-refractivity contribution in [2.24, 2.45) is 4.99 Å². The number of thioether (sulfide) groups is 1. The average Bonchev–Trinajstić information content (AvgIpc) is 3.08. The van der Waals surface area contributed by atoms with Crippen molar-refractivity contribution in [2.75, 3.05) is 13.7 Å². The Bertz CT molecular complexity index is 896. The lowest BCUT2D eigenvalue weighted by atomic mass is 10.2. The molecule has 2 aromatic rings. The number of para-hydroxylation sites is 1. The zero-order valence-corrected chi connectivity index (χ0v) is 16.3.